The lowest BCUT2D eigenvalue weighted by atomic mass is 9.95. The second-order valence-electron chi connectivity index (χ2n) is 7.20. The minimum Gasteiger partial charge on any atom is -0.507 e. The average Bonchev–Trinajstić information content (AvgIpc) is 3.29. The van der Waals surface area contributed by atoms with Crippen LogP contribution in [-0.2, 0) is 9.59 Å². The third kappa shape index (κ3) is 3.57. The zero-order valence-corrected chi connectivity index (χ0v) is 17.8. The molecule has 1 aliphatic rings. The van der Waals surface area contributed by atoms with Crippen molar-refractivity contribution in [2.24, 2.45) is 0 Å². The second kappa shape index (κ2) is 7.92. The number of hydrogen-bond acceptors (Lipinski definition) is 6. The maximum absolute atomic E-state index is 13.1. The largest absolute Gasteiger partial charge is 0.507 e. The van der Waals surface area contributed by atoms with Gasteiger partial charge in [-0.1, -0.05) is 28.9 Å². The molecular weight excluding hydrogens is 420 g/mol. The van der Waals surface area contributed by atoms with Gasteiger partial charge in [-0.3, -0.25) is 14.5 Å². The fraction of sp³-hybridized carbons (Fsp3) is 0.174. The Morgan fingerprint density at radius 1 is 1.13 bits per heavy atom. The van der Waals surface area contributed by atoms with Gasteiger partial charge >= 0.3 is 5.91 Å². The van der Waals surface area contributed by atoms with E-state index < -0.39 is 17.7 Å². The molecule has 1 atom stereocenters. The third-order valence-corrected chi connectivity index (χ3v) is 5.41. The quantitative estimate of drug-likeness (QED) is 0.364. The number of methoxy groups -OCH3 is 1. The Hall–Kier alpha value is -3.58. The Labute approximate surface area is 183 Å². The summed E-state index contributed by atoms with van der Waals surface area (Å²) in [5.41, 5.74) is 1.72. The molecule has 7 nitrogen and oxygen atoms in total. The SMILES string of the molecule is COc1ccc(C(O)=C2C(=O)C(=O)N(c3cc(C)on3)[C@H]2c2ccc(Cl)cc2)cc1C. The highest BCUT2D eigenvalue weighted by molar-refractivity contribution is 6.51. The van der Waals surface area contributed by atoms with Crippen molar-refractivity contribution in [1.29, 1.82) is 0 Å². The Kier molecular flexibility index (Phi) is 5.29. The molecule has 0 unspecified atom stereocenters. The van der Waals surface area contributed by atoms with Crippen molar-refractivity contribution >= 4 is 34.9 Å². The number of aryl methyl sites for hydroxylation is 2. The van der Waals surface area contributed by atoms with Crippen LogP contribution >= 0.6 is 11.6 Å². The molecule has 1 fully saturated rings. The Bertz CT molecular complexity index is 1210. The van der Waals surface area contributed by atoms with E-state index >= 15 is 0 Å². The fourth-order valence-corrected chi connectivity index (χ4v) is 3.80. The van der Waals surface area contributed by atoms with Crippen LogP contribution in [0.3, 0.4) is 0 Å². The van der Waals surface area contributed by atoms with Crippen molar-refractivity contribution < 1.29 is 24.0 Å². The van der Waals surface area contributed by atoms with Gasteiger partial charge in [0.15, 0.2) is 5.82 Å². The lowest BCUT2D eigenvalue weighted by Gasteiger charge is -2.23. The molecule has 1 aromatic heterocycles. The van der Waals surface area contributed by atoms with Gasteiger partial charge in [0.1, 0.15) is 17.3 Å². The molecule has 0 saturated carbocycles. The summed E-state index contributed by atoms with van der Waals surface area (Å²) >= 11 is 6.03. The summed E-state index contributed by atoms with van der Waals surface area (Å²) in [6.45, 7) is 3.51. The number of benzene rings is 2. The first-order chi connectivity index (χ1) is 14.8. The van der Waals surface area contributed by atoms with Crippen LogP contribution in [0, 0.1) is 13.8 Å². The molecule has 2 heterocycles. The van der Waals surface area contributed by atoms with Crippen LogP contribution in [0.2, 0.25) is 5.02 Å². The van der Waals surface area contributed by atoms with Crippen molar-refractivity contribution in [3.63, 3.8) is 0 Å². The molecule has 4 rings (SSSR count). The first-order valence-electron chi connectivity index (χ1n) is 9.46. The van der Waals surface area contributed by atoms with Gasteiger partial charge in [-0.2, -0.15) is 0 Å². The Morgan fingerprint density at radius 2 is 1.84 bits per heavy atom. The molecule has 2 aromatic carbocycles. The molecule has 1 amide bonds. The normalized spacial score (nSPS) is 17.9. The molecule has 3 aromatic rings. The standard InChI is InChI=1S/C23H19ClN2O5/c1-12-10-15(6-9-17(12)30-3)21(27)19-20(14-4-7-16(24)8-5-14)26(23(29)22(19)28)18-11-13(2)31-25-18/h4-11,20,27H,1-3H3/t20-/m0/s1. The highest BCUT2D eigenvalue weighted by Gasteiger charge is 2.48. The molecule has 8 heteroatoms. The molecule has 158 valence electrons. The average molecular weight is 439 g/mol. The summed E-state index contributed by atoms with van der Waals surface area (Å²) in [6, 6.07) is 12.4. The summed E-state index contributed by atoms with van der Waals surface area (Å²) in [5.74, 6) is -0.593. The van der Waals surface area contributed by atoms with Crippen LogP contribution in [0.25, 0.3) is 5.76 Å². The van der Waals surface area contributed by atoms with E-state index in [1.807, 2.05) is 6.92 Å². The summed E-state index contributed by atoms with van der Waals surface area (Å²) < 4.78 is 10.4. The van der Waals surface area contributed by atoms with Crippen LogP contribution < -0.4 is 9.64 Å². The zero-order chi connectivity index (χ0) is 22.3. The maximum Gasteiger partial charge on any atom is 0.301 e. The van der Waals surface area contributed by atoms with Crippen LogP contribution in [-0.4, -0.2) is 29.1 Å². The van der Waals surface area contributed by atoms with E-state index in [2.05, 4.69) is 5.16 Å². The summed E-state index contributed by atoms with van der Waals surface area (Å²) in [4.78, 5) is 27.3. The number of carbonyl (C=O) groups excluding carboxylic acids is 2. The number of aliphatic hydroxyl groups is 1. The number of ether oxygens (including phenoxy) is 1. The number of nitrogens with zero attached hydrogens (tertiary/aromatic N) is 2. The Morgan fingerprint density at radius 3 is 2.42 bits per heavy atom. The highest BCUT2D eigenvalue weighted by Crippen LogP contribution is 2.42. The number of amides is 1. The van der Waals surface area contributed by atoms with Gasteiger partial charge in [0, 0.05) is 16.7 Å². The van der Waals surface area contributed by atoms with Crippen molar-refractivity contribution in [2.75, 3.05) is 12.0 Å². The minimum atomic E-state index is -0.899. The van der Waals surface area contributed by atoms with E-state index in [1.54, 1.807) is 62.6 Å². The Balaban J connectivity index is 1.93. The van der Waals surface area contributed by atoms with Crippen LogP contribution in [0.15, 0.2) is 58.6 Å². The van der Waals surface area contributed by atoms with Crippen molar-refractivity contribution in [2.45, 2.75) is 19.9 Å². The lowest BCUT2D eigenvalue weighted by molar-refractivity contribution is -0.132. The van der Waals surface area contributed by atoms with Crippen LogP contribution in [0.4, 0.5) is 5.82 Å². The van der Waals surface area contributed by atoms with E-state index in [0.717, 1.165) is 5.56 Å². The van der Waals surface area contributed by atoms with Gasteiger partial charge in [0.2, 0.25) is 0 Å². The number of rotatable bonds is 4. The first-order valence-corrected chi connectivity index (χ1v) is 9.84. The molecule has 1 aliphatic heterocycles. The molecule has 0 bridgehead atoms. The van der Waals surface area contributed by atoms with E-state index in [-0.39, 0.29) is 17.2 Å². The monoisotopic (exact) mass is 438 g/mol. The highest BCUT2D eigenvalue weighted by atomic mass is 35.5. The number of Topliss-reactive ketones (excluding diaryl/α,β-unsaturated/α-hetero) is 1. The zero-order valence-electron chi connectivity index (χ0n) is 17.0. The van der Waals surface area contributed by atoms with Gasteiger partial charge in [0.05, 0.1) is 18.7 Å². The van der Waals surface area contributed by atoms with Gasteiger partial charge in [-0.25, -0.2) is 0 Å². The number of aromatic nitrogens is 1. The lowest BCUT2D eigenvalue weighted by Crippen LogP contribution is -2.29. The number of anilines is 1. The second-order valence-corrected chi connectivity index (χ2v) is 7.64. The van der Waals surface area contributed by atoms with E-state index in [4.69, 9.17) is 20.9 Å². The predicted molar refractivity (Wildman–Crippen MR) is 115 cm³/mol. The van der Waals surface area contributed by atoms with Gasteiger partial charge in [-0.15, -0.1) is 0 Å². The number of aliphatic hydroxyl groups excluding tert-OH is 1. The predicted octanol–water partition coefficient (Wildman–Crippen LogP) is 4.58. The van der Waals surface area contributed by atoms with E-state index in [1.165, 1.54) is 4.90 Å². The summed E-state index contributed by atoms with van der Waals surface area (Å²) in [6.07, 6.45) is 0. The molecule has 1 saturated heterocycles. The van der Waals surface area contributed by atoms with Crippen molar-refractivity contribution in [3.05, 3.63) is 81.6 Å². The minimum absolute atomic E-state index is 0.0439. The maximum atomic E-state index is 13.1. The number of halogens is 1. The summed E-state index contributed by atoms with van der Waals surface area (Å²) in [7, 11) is 1.55. The number of ketones is 1. The smallest absolute Gasteiger partial charge is 0.301 e. The number of hydrogen-bond donors (Lipinski definition) is 1. The summed E-state index contributed by atoms with van der Waals surface area (Å²) in [5, 5.41) is 15.5. The van der Waals surface area contributed by atoms with Gasteiger partial charge < -0.3 is 14.4 Å². The molecule has 0 radical (unpaired) electrons. The number of carbonyl (C=O) groups is 2. The molecule has 1 N–H and O–H groups in total. The molecule has 0 aliphatic carbocycles. The molecular formula is C23H19ClN2O5. The van der Waals surface area contributed by atoms with Gasteiger partial charge in [0.25, 0.3) is 5.78 Å². The fourth-order valence-electron chi connectivity index (χ4n) is 3.68. The van der Waals surface area contributed by atoms with Crippen molar-refractivity contribution in [3.8, 4) is 5.75 Å². The molecule has 31 heavy (non-hydrogen) atoms. The molecule has 0 spiro atoms. The van der Waals surface area contributed by atoms with Crippen LogP contribution in [0.5, 0.6) is 5.75 Å². The van der Waals surface area contributed by atoms with Crippen LogP contribution in [0.1, 0.15) is 28.5 Å². The topological polar surface area (TPSA) is 92.9 Å². The van der Waals surface area contributed by atoms with E-state index in [9.17, 15) is 14.7 Å². The van der Waals surface area contributed by atoms with Crippen molar-refractivity contribution in [1.82, 2.24) is 5.16 Å². The van der Waals surface area contributed by atoms with E-state index in [0.29, 0.717) is 27.7 Å². The van der Waals surface area contributed by atoms with Gasteiger partial charge in [-0.05, 0) is 55.3 Å². The first kappa shape index (κ1) is 20.7. The third-order valence-electron chi connectivity index (χ3n) is 5.16.